The number of aryl methyl sites for hydroxylation is 2. The van der Waals surface area contributed by atoms with Crippen LogP contribution in [0.1, 0.15) is 25.0 Å². The molecule has 1 fully saturated rings. The highest BCUT2D eigenvalue weighted by molar-refractivity contribution is 5.93. The number of benzene rings is 2. The Kier molecular flexibility index (Phi) is 7.99. The first kappa shape index (κ1) is 22.0. The number of nitrogens with zero attached hydrogens (tertiary/aromatic N) is 2. The lowest BCUT2D eigenvalue weighted by Crippen LogP contribution is -2.50. The number of amides is 2. The van der Waals surface area contributed by atoms with E-state index in [0.717, 1.165) is 56.0 Å². The molecular weight excluding hydrogens is 376 g/mol. The average molecular weight is 409 g/mol. The van der Waals surface area contributed by atoms with E-state index in [4.69, 9.17) is 0 Å². The van der Waals surface area contributed by atoms with E-state index in [0.29, 0.717) is 13.1 Å². The van der Waals surface area contributed by atoms with Crippen molar-refractivity contribution in [2.45, 2.75) is 26.7 Å². The van der Waals surface area contributed by atoms with Crippen molar-refractivity contribution in [2.24, 2.45) is 0 Å². The van der Waals surface area contributed by atoms with Crippen molar-refractivity contribution >= 4 is 23.2 Å². The number of piperazine rings is 1. The van der Waals surface area contributed by atoms with Crippen LogP contribution in [0.3, 0.4) is 0 Å². The molecule has 2 aromatic rings. The molecule has 0 aliphatic carbocycles. The van der Waals surface area contributed by atoms with Gasteiger partial charge in [-0.15, -0.1) is 0 Å². The third-order valence-corrected chi connectivity index (χ3v) is 5.49. The zero-order valence-electron chi connectivity index (χ0n) is 18.0. The Morgan fingerprint density at radius 2 is 1.43 bits per heavy atom. The summed E-state index contributed by atoms with van der Waals surface area (Å²) in [6.45, 7) is 8.05. The third-order valence-electron chi connectivity index (χ3n) is 5.49. The van der Waals surface area contributed by atoms with Gasteiger partial charge in [-0.3, -0.25) is 19.4 Å². The van der Waals surface area contributed by atoms with Gasteiger partial charge in [0.2, 0.25) is 11.8 Å². The van der Waals surface area contributed by atoms with Crippen molar-refractivity contribution in [3.8, 4) is 0 Å². The maximum absolute atomic E-state index is 12.4. The Morgan fingerprint density at radius 1 is 0.800 bits per heavy atom. The van der Waals surface area contributed by atoms with Gasteiger partial charge in [-0.05, 0) is 42.2 Å². The second-order valence-corrected chi connectivity index (χ2v) is 7.71. The predicted molar refractivity (Wildman–Crippen MR) is 122 cm³/mol. The second-order valence-electron chi connectivity index (χ2n) is 7.71. The molecule has 3 rings (SSSR count). The van der Waals surface area contributed by atoms with Crippen molar-refractivity contribution in [3.05, 3.63) is 59.7 Å². The zero-order valence-corrected chi connectivity index (χ0v) is 18.0. The number of carbonyl (C=O) groups is 2. The molecule has 0 aromatic heterocycles. The van der Waals surface area contributed by atoms with Crippen molar-refractivity contribution in [1.29, 1.82) is 0 Å². The van der Waals surface area contributed by atoms with E-state index in [1.807, 2.05) is 42.5 Å². The molecule has 0 saturated carbocycles. The number of nitrogens with one attached hydrogen (secondary N) is 2. The van der Waals surface area contributed by atoms with E-state index in [2.05, 4.69) is 40.3 Å². The molecule has 1 aliphatic heterocycles. The first-order chi connectivity index (χ1) is 14.6. The van der Waals surface area contributed by atoms with Gasteiger partial charge >= 0.3 is 0 Å². The highest BCUT2D eigenvalue weighted by Crippen LogP contribution is 2.15. The fraction of sp³-hybridized carbons (Fsp3) is 0.417. The van der Waals surface area contributed by atoms with Gasteiger partial charge in [0.05, 0.1) is 13.1 Å². The molecule has 0 spiro atoms. The fourth-order valence-corrected chi connectivity index (χ4v) is 3.72. The van der Waals surface area contributed by atoms with Gasteiger partial charge in [0.15, 0.2) is 0 Å². The number of rotatable bonds is 8. The Balaban J connectivity index is 1.41. The van der Waals surface area contributed by atoms with Crippen LogP contribution in [0.4, 0.5) is 11.4 Å². The van der Waals surface area contributed by atoms with Crippen LogP contribution < -0.4 is 10.6 Å². The van der Waals surface area contributed by atoms with Gasteiger partial charge in [0, 0.05) is 37.6 Å². The van der Waals surface area contributed by atoms with E-state index in [1.165, 1.54) is 5.56 Å². The van der Waals surface area contributed by atoms with E-state index < -0.39 is 0 Å². The first-order valence-corrected chi connectivity index (χ1v) is 10.8. The molecule has 1 saturated heterocycles. The number of carbonyl (C=O) groups excluding carboxylic acids is 2. The Hall–Kier alpha value is -2.70. The summed E-state index contributed by atoms with van der Waals surface area (Å²) >= 11 is 0. The van der Waals surface area contributed by atoms with E-state index >= 15 is 0 Å². The lowest BCUT2D eigenvalue weighted by Gasteiger charge is -2.33. The van der Waals surface area contributed by atoms with Gasteiger partial charge in [-0.25, -0.2) is 0 Å². The Labute approximate surface area is 179 Å². The monoisotopic (exact) mass is 408 g/mol. The van der Waals surface area contributed by atoms with Gasteiger partial charge in [0.1, 0.15) is 0 Å². The van der Waals surface area contributed by atoms with Crippen LogP contribution in [-0.4, -0.2) is 60.9 Å². The summed E-state index contributed by atoms with van der Waals surface area (Å²) in [5.41, 5.74) is 4.10. The highest BCUT2D eigenvalue weighted by Gasteiger charge is 2.21. The molecule has 6 heteroatoms. The third kappa shape index (κ3) is 6.40. The van der Waals surface area contributed by atoms with E-state index in [1.54, 1.807) is 0 Å². The maximum Gasteiger partial charge on any atom is 0.238 e. The van der Waals surface area contributed by atoms with Crippen LogP contribution in [0, 0.1) is 0 Å². The summed E-state index contributed by atoms with van der Waals surface area (Å²) in [5, 5.41) is 6.02. The molecule has 0 atom stereocenters. The van der Waals surface area contributed by atoms with Crippen LogP contribution in [0.25, 0.3) is 0 Å². The fourth-order valence-electron chi connectivity index (χ4n) is 3.72. The van der Waals surface area contributed by atoms with Gasteiger partial charge in [0.25, 0.3) is 0 Å². The number of hydrogen-bond acceptors (Lipinski definition) is 4. The Bertz CT molecular complexity index is 860. The molecule has 1 heterocycles. The summed E-state index contributed by atoms with van der Waals surface area (Å²) in [4.78, 5) is 29.1. The summed E-state index contributed by atoms with van der Waals surface area (Å²) in [6, 6.07) is 15.9. The smallest absolute Gasteiger partial charge is 0.238 e. The Morgan fingerprint density at radius 3 is 2.07 bits per heavy atom. The molecule has 1 aliphatic rings. The molecule has 0 radical (unpaired) electrons. The summed E-state index contributed by atoms with van der Waals surface area (Å²) in [5.74, 6) is 0.0171. The van der Waals surface area contributed by atoms with Crippen LogP contribution in [0.2, 0.25) is 0 Å². The minimum absolute atomic E-state index is 0.00520. The highest BCUT2D eigenvalue weighted by atomic mass is 16.2. The quantitative estimate of drug-likeness (QED) is 0.705. The average Bonchev–Trinajstić information content (AvgIpc) is 2.75. The normalized spacial score (nSPS) is 15.0. The second kappa shape index (κ2) is 10.9. The molecule has 2 amide bonds. The largest absolute Gasteiger partial charge is 0.325 e. The summed E-state index contributed by atoms with van der Waals surface area (Å²) in [6.07, 6.45) is 1.84. The molecule has 0 bridgehead atoms. The molecule has 2 aromatic carbocycles. The SMILES string of the molecule is CCc1cccc(NC(=O)CN2CCN(CC(=O)Nc3ccccc3CC)CC2)c1. The summed E-state index contributed by atoms with van der Waals surface area (Å²) in [7, 11) is 0. The zero-order chi connectivity index (χ0) is 21.3. The minimum Gasteiger partial charge on any atom is -0.325 e. The van der Waals surface area contributed by atoms with Crippen molar-refractivity contribution in [3.63, 3.8) is 0 Å². The van der Waals surface area contributed by atoms with Gasteiger partial charge < -0.3 is 10.6 Å². The lowest BCUT2D eigenvalue weighted by atomic mass is 10.1. The molecule has 6 nitrogen and oxygen atoms in total. The molecule has 160 valence electrons. The number of anilines is 2. The standard InChI is InChI=1S/C24H32N4O2/c1-3-19-8-7-10-21(16-19)25-23(29)17-27-12-14-28(15-13-27)18-24(30)26-22-11-6-5-9-20(22)4-2/h5-11,16H,3-4,12-15,17-18H2,1-2H3,(H,25,29)(H,26,30). The van der Waals surface area contributed by atoms with Crippen LogP contribution in [0.5, 0.6) is 0 Å². The number of para-hydroxylation sites is 1. The number of hydrogen-bond donors (Lipinski definition) is 2. The topological polar surface area (TPSA) is 64.7 Å². The van der Waals surface area contributed by atoms with Gasteiger partial charge in [-0.2, -0.15) is 0 Å². The van der Waals surface area contributed by atoms with E-state index in [9.17, 15) is 9.59 Å². The van der Waals surface area contributed by atoms with Crippen LogP contribution >= 0.6 is 0 Å². The molecular formula is C24H32N4O2. The molecule has 0 unspecified atom stereocenters. The van der Waals surface area contributed by atoms with E-state index in [-0.39, 0.29) is 11.8 Å². The van der Waals surface area contributed by atoms with Crippen LogP contribution in [0.15, 0.2) is 48.5 Å². The van der Waals surface area contributed by atoms with Crippen molar-refractivity contribution in [2.75, 3.05) is 49.9 Å². The molecule has 30 heavy (non-hydrogen) atoms. The minimum atomic E-state index is 0.00520. The van der Waals surface area contributed by atoms with Crippen molar-refractivity contribution in [1.82, 2.24) is 9.80 Å². The van der Waals surface area contributed by atoms with Crippen molar-refractivity contribution < 1.29 is 9.59 Å². The lowest BCUT2D eigenvalue weighted by molar-refractivity contribution is -0.120. The first-order valence-electron chi connectivity index (χ1n) is 10.8. The van der Waals surface area contributed by atoms with Gasteiger partial charge in [-0.1, -0.05) is 44.2 Å². The van der Waals surface area contributed by atoms with Crippen LogP contribution in [-0.2, 0) is 22.4 Å². The maximum atomic E-state index is 12.4. The summed E-state index contributed by atoms with van der Waals surface area (Å²) < 4.78 is 0. The molecule has 2 N–H and O–H groups in total. The predicted octanol–water partition coefficient (Wildman–Crippen LogP) is 3.01.